The predicted octanol–water partition coefficient (Wildman–Crippen LogP) is 5.08. The molecule has 0 bridgehead atoms. The Morgan fingerprint density at radius 3 is 2.38 bits per heavy atom. The highest BCUT2D eigenvalue weighted by molar-refractivity contribution is 8.00. The van der Waals surface area contributed by atoms with Gasteiger partial charge in [-0.25, -0.2) is 0 Å². The maximum absolute atomic E-state index is 13.1. The number of rotatable bonds is 16. The Bertz CT molecular complexity index is 872. The van der Waals surface area contributed by atoms with Crippen molar-refractivity contribution in [1.82, 2.24) is 10.6 Å². The fourth-order valence-electron chi connectivity index (χ4n) is 3.35. The first-order valence-electron chi connectivity index (χ1n) is 11.8. The molecule has 0 saturated heterocycles. The molecule has 2 N–H and O–H groups in total. The zero-order valence-electron chi connectivity index (χ0n) is 20.3. The fraction of sp³-hybridized carbons (Fsp3) is 0.500. The van der Waals surface area contributed by atoms with Crippen LogP contribution in [0.25, 0.3) is 0 Å². The summed E-state index contributed by atoms with van der Waals surface area (Å²) in [7, 11) is 0. The lowest BCUT2D eigenvalue weighted by atomic mass is 10.0. The molecule has 1 aromatic heterocycles. The summed E-state index contributed by atoms with van der Waals surface area (Å²) in [6.07, 6.45) is 4.49. The number of benzene rings is 1. The van der Waals surface area contributed by atoms with Crippen molar-refractivity contribution in [3.63, 3.8) is 0 Å². The van der Waals surface area contributed by atoms with E-state index in [0.717, 1.165) is 23.5 Å². The van der Waals surface area contributed by atoms with Crippen molar-refractivity contribution in [1.29, 1.82) is 0 Å². The average molecular weight is 505 g/mol. The molecule has 186 valence electrons. The van der Waals surface area contributed by atoms with Gasteiger partial charge in [-0.05, 0) is 43.0 Å². The minimum absolute atomic E-state index is 0.00684. The molecular formula is C26H36N2O4S2. The SMILES string of the molecule is CCCC[C@H](NC(=O)[C@H](CC(C)C)NC(=O)CSc1ccccc1)C(=O)CSCc1ccco1. The van der Waals surface area contributed by atoms with Gasteiger partial charge in [-0.2, -0.15) is 0 Å². The molecule has 1 heterocycles. The van der Waals surface area contributed by atoms with Gasteiger partial charge in [0.2, 0.25) is 11.8 Å². The smallest absolute Gasteiger partial charge is 0.243 e. The van der Waals surface area contributed by atoms with Crippen LogP contribution in [0, 0.1) is 5.92 Å². The van der Waals surface area contributed by atoms with Gasteiger partial charge in [-0.1, -0.05) is 51.8 Å². The van der Waals surface area contributed by atoms with Gasteiger partial charge >= 0.3 is 0 Å². The molecule has 2 rings (SSSR count). The Balaban J connectivity index is 1.93. The molecule has 2 atom stereocenters. The van der Waals surface area contributed by atoms with Gasteiger partial charge in [-0.3, -0.25) is 14.4 Å². The zero-order chi connectivity index (χ0) is 24.8. The summed E-state index contributed by atoms with van der Waals surface area (Å²) in [6, 6.07) is 12.2. The summed E-state index contributed by atoms with van der Waals surface area (Å²) in [4.78, 5) is 39.6. The van der Waals surface area contributed by atoms with Crippen molar-refractivity contribution in [2.75, 3.05) is 11.5 Å². The van der Waals surface area contributed by atoms with Gasteiger partial charge < -0.3 is 15.1 Å². The van der Waals surface area contributed by atoms with Crippen molar-refractivity contribution in [2.45, 2.75) is 69.2 Å². The second kappa shape index (κ2) is 15.7. The summed E-state index contributed by atoms with van der Waals surface area (Å²) in [6.45, 7) is 6.08. The molecule has 0 spiro atoms. The first kappa shape index (κ1) is 28.1. The Morgan fingerprint density at radius 2 is 1.74 bits per heavy atom. The summed E-state index contributed by atoms with van der Waals surface area (Å²) >= 11 is 2.91. The van der Waals surface area contributed by atoms with Crippen LogP contribution in [-0.4, -0.2) is 41.2 Å². The Labute approximate surface area is 211 Å². The van der Waals surface area contributed by atoms with Gasteiger partial charge in [0.05, 0.1) is 29.6 Å². The van der Waals surface area contributed by atoms with Crippen LogP contribution in [0.2, 0.25) is 0 Å². The van der Waals surface area contributed by atoms with E-state index in [9.17, 15) is 14.4 Å². The monoisotopic (exact) mass is 504 g/mol. The molecule has 0 fully saturated rings. The van der Waals surface area contributed by atoms with Crippen LogP contribution >= 0.6 is 23.5 Å². The van der Waals surface area contributed by atoms with Gasteiger partial charge in [0.1, 0.15) is 11.8 Å². The van der Waals surface area contributed by atoms with Crippen molar-refractivity contribution in [2.24, 2.45) is 5.92 Å². The molecule has 2 aromatic rings. The van der Waals surface area contributed by atoms with Gasteiger partial charge in [-0.15, -0.1) is 23.5 Å². The highest BCUT2D eigenvalue weighted by atomic mass is 32.2. The number of hydrogen-bond donors (Lipinski definition) is 2. The first-order chi connectivity index (χ1) is 16.4. The lowest BCUT2D eigenvalue weighted by molar-refractivity contribution is -0.130. The number of Topliss-reactive ketones (excluding diaryl/α,β-unsaturated/α-hetero) is 1. The van der Waals surface area contributed by atoms with Crippen molar-refractivity contribution < 1.29 is 18.8 Å². The topological polar surface area (TPSA) is 88.4 Å². The Morgan fingerprint density at radius 1 is 0.971 bits per heavy atom. The minimum Gasteiger partial charge on any atom is -0.468 e. The second-order valence-corrected chi connectivity index (χ2v) is 10.6. The molecule has 0 radical (unpaired) electrons. The van der Waals surface area contributed by atoms with E-state index in [1.54, 1.807) is 6.26 Å². The summed E-state index contributed by atoms with van der Waals surface area (Å²) < 4.78 is 5.31. The van der Waals surface area contributed by atoms with Crippen LogP contribution in [0.4, 0.5) is 0 Å². The number of carbonyl (C=O) groups is 3. The van der Waals surface area contributed by atoms with Gasteiger partial charge in [0, 0.05) is 4.90 Å². The quantitative estimate of drug-likeness (QED) is 0.310. The van der Waals surface area contributed by atoms with E-state index in [4.69, 9.17) is 4.42 Å². The Kier molecular flexibility index (Phi) is 12.9. The number of amides is 2. The summed E-state index contributed by atoms with van der Waals surface area (Å²) in [5.41, 5.74) is 0. The molecule has 0 aliphatic carbocycles. The highest BCUT2D eigenvalue weighted by Crippen LogP contribution is 2.17. The molecule has 6 nitrogen and oxygen atoms in total. The third-order valence-corrected chi connectivity index (χ3v) is 7.08. The molecule has 1 aromatic carbocycles. The van der Waals surface area contributed by atoms with Crippen molar-refractivity contribution in [3.05, 3.63) is 54.5 Å². The molecular weight excluding hydrogens is 468 g/mol. The average Bonchev–Trinajstić information content (AvgIpc) is 3.33. The summed E-state index contributed by atoms with van der Waals surface area (Å²) in [5.74, 6) is 1.67. The second-order valence-electron chi connectivity index (χ2n) is 8.59. The standard InChI is InChI=1S/C26H36N2O4S2/c1-4-5-13-22(24(29)17-33-16-20-10-9-14-32-20)28-26(31)23(15-19(2)3)27-25(30)18-34-21-11-7-6-8-12-21/h6-12,14,19,22-23H,4-5,13,15-18H2,1-3H3,(H,27,30)(H,28,31)/t22-,23-/m0/s1. The molecule has 0 aliphatic rings. The number of ketones is 1. The summed E-state index contributed by atoms with van der Waals surface area (Å²) in [5, 5.41) is 5.81. The van der Waals surface area contributed by atoms with E-state index in [1.165, 1.54) is 23.5 Å². The van der Waals surface area contributed by atoms with E-state index in [0.29, 0.717) is 24.3 Å². The third-order valence-electron chi connectivity index (χ3n) is 5.09. The maximum Gasteiger partial charge on any atom is 0.243 e. The van der Waals surface area contributed by atoms with E-state index in [-0.39, 0.29) is 29.3 Å². The van der Waals surface area contributed by atoms with E-state index in [2.05, 4.69) is 17.6 Å². The molecule has 0 saturated carbocycles. The van der Waals surface area contributed by atoms with Gasteiger partial charge in [0.25, 0.3) is 0 Å². The van der Waals surface area contributed by atoms with E-state index in [1.807, 2.05) is 56.3 Å². The largest absolute Gasteiger partial charge is 0.468 e. The first-order valence-corrected chi connectivity index (χ1v) is 13.9. The van der Waals surface area contributed by atoms with Crippen molar-refractivity contribution in [3.8, 4) is 0 Å². The van der Waals surface area contributed by atoms with Crippen LogP contribution in [0.5, 0.6) is 0 Å². The lowest BCUT2D eigenvalue weighted by Gasteiger charge is -2.24. The molecule has 2 amide bonds. The van der Waals surface area contributed by atoms with Crippen LogP contribution in [0.1, 0.15) is 52.2 Å². The lowest BCUT2D eigenvalue weighted by Crippen LogP contribution is -2.52. The third kappa shape index (κ3) is 10.8. The fourth-order valence-corrected chi connectivity index (χ4v) is 4.95. The molecule has 34 heavy (non-hydrogen) atoms. The van der Waals surface area contributed by atoms with Crippen LogP contribution in [0.15, 0.2) is 58.0 Å². The predicted molar refractivity (Wildman–Crippen MR) is 140 cm³/mol. The Hall–Kier alpha value is -2.19. The van der Waals surface area contributed by atoms with Gasteiger partial charge in [0.15, 0.2) is 5.78 Å². The van der Waals surface area contributed by atoms with Crippen LogP contribution in [-0.2, 0) is 20.1 Å². The highest BCUT2D eigenvalue weighted by Gasteiger charge is 2.27. The van der Waals surface area contributed by atoms with E-state index < -0.39 is 12.1 Å². The number of thioether (sulfide) groups is 2. The number of nitrogens with one attached hydrogen (secondary N) is 2. The molecule has 8 heteroatoms. The zero-order valence-corrected chi connectivity index (χ0v) is 21.9. The number of hydrogen-bond acceptors (Lipinski definition) is 6. The number of unbranched alkanes of at least 4 members (excludes halogenated alkanes) is 1. The molecule has 0 aliphatic heterocycles. The minimum atomic E-state index is -0.670. The van der Waals surface area contributed by atoms with Crippen LogP contribution in [0.3, 0.4) is 0 Å². The van der Waals surface area contributed by atoms with E-state index >= 15 is 0 Å². The molecule has 0 unspecified atom stereocenters. The van der Waals surface area contributed by atoms with Crippen molar-refractivity contribution >= 4 is 41.1 Å². The maximum atomic E-state index is 13.1. The number of carbonyl (C=O) groups excluding carboxylic acids is 3. The van der Waals surface area contributed by atoms with Crippen LogP contribution < -0.4 is 10.6 Å². The normalized spacial score (nSPS) is 12.8. The number of furan rings is 1.